The molecule has 8 heteroatoms. The van der Waals surface area contributed by atoms with Crippen molar-refractivity contribution in [2.45, 2.75) is 35.8 Å². The maximum atomic E-state index is 12.2. The maximum absolute atomic E-state index is 12.2. The van der Waals surface area contributed by atoms with Crippen molar-refractivity contribution in [2.75, 3.05) is 23.3 Å². The van der Waals surface area contributed by atoms with E-state index in [0.717, 1.165) is 28.9 Å². The fourth-order valence-electron chi connectivity index (χ4n) is 2.43. The van der Waals surface area contributed by atoms with Crippen molar-refractivity contribution < 1.29 is 4.79 Å². The molecule has 3 rings (SSSR count). The van der Waals surface area contributed by atoms with Crippen LogP contribution in [0.4, 0.5) is 11.5 Å². The van der Waals surface area contributed by atoms with Crippen molar-refractivity contribution >= 4 is 40.5 Å². The van der Waals surface area contributed by atoms with Gasteiger partial charge in [-0.2, -0.15) is 0 Å². The molecule has 0 aliphatic carbocycles. The molecule has 0 aromatic carbocycles. The molecule has 1 amide bonds. The van der Waals surface area contributed by atoms with Gasteiger partial charge in [-0.3, -0.25) is 4.79 Å². The Hall–Kier alpha value is -1.67. The summed E-state index contributed by atoms with van der Waals surface area (Å²) in [4.78, 5) is 19.0. The van der Waals surface area contributed by atoms with Crippen molar-refractivity contribution in [3.05, 3.63) is 23.8 Å². The molecule has 6 nitrogen and oxygen atoms in total. The lowest BCUT2D eigenvalue weighted by Crippen LogP contribution is -2.30. The number of rotatable bonds is 5. The van der Waals surface area contributed by atoms with Gasteiger partial charge in [-0.15, -0.1) is 10.2 Å². The van der Waals surface area contributed by atoms with Crippen LogP contribution in [0.1, 0.15) is 26.2 Å². The number of piperidine rings is 1. The molecule has 1 fully saturated rings. The molecule has 122 valence electrons. The normalized spacial score (nSPS) is 16.1. The van der Waals surface area contributed by atoms with Crippen LogP contribution in [0.25, 0.3) is 0 Å². The largest absolute Gasteiger partial charge is 0.357 e. The van der Waals surface area contributed by atoms with Gasteiger partial charge in [0.05, 0.1) is 17.1 Å². The van der Waals surface area contributed by atoms with Gasteiger partial charge in [0.1, 0.15) is 11.3 Å². The summed E-state index contributed by atoms with van der Waals surface area (Å²) in [5, 5.41) is 10.4. The van der Waals surface area contributed by atoms with Gasteiger partial charge < -0.3 is 10.2 Å². The molecule has 3 heterocycles. The van der Waals surface area contributed by atoms with Crippen LogP contribution in [0.5, 0.6) is 0 Å². The van der Waals surface area contributed by atoms with E-state index in [1.165, 1.54) is 42.4 Å². The zero-order chi connectivity index (χ0) is 16.1. The van der Waals surface area contributed by atoms with Crippen LogP contribution in [-0.4, -0.2) is 39.4 Å². The predicted octanol–water partition coefficient (Wildman–Crippen LogP) is 3.04. The number of carbonyl (C=O) groups is 1. The van der Waals surface area contributed by atoms with Gasteiger partial charge in [0, 0.05) is 13.1 Å². The number of anilines is 2. The molecule has 1 aliphatic heterocycles. The molecule has 23 heavy (non-hydrogen) atoms. The highest BCUT2D eigenvalue weighted by Gasteiger charge is 2.17. The van der Waals surface area contributed by atoms with Crippen molar-refractivity contribution in [1.29, 1.82) is 0 Å². The smallest absolute Gasteiger partial charge is 0.237 e. The molecule has 0 saturated carbocycles. The lowest BCUT2D eigenvalue weighted by molar-refractivity contribution is -0.115. The summed E-state index contributed by atoms with van der Waals surface area (Å²) < 4.78 is 0.797. The van der Waals surface area contributed by atoms with E-state index in [-0.39, 0.29) is 11.2 Å². The zero-order valence-electron chi connectivity index (χ0n) is 12.9. The van der Waals surface area contributed by atoms with E-state index in [2.05, 4.69) is 25.4 Å². The summed E-state index contributed by atoms with van der Waals surface area (Å²) in [5.41, 5.74) is 2.39. The Morgan fingerprint density at radius 1 is 1.35 bits per heavy atom. The quantitative estimate of drug-likeness (QED) is 0.837. The number of hydrogen-bond acceptors (Lipinski definition) is 7. The second-order valence-electron chi connectivity index (χ2n) is 5.41. The van der Waals surface area contributed by atoms with Crippen LogP contribution in [0.3, 0.4) is 0 Å². The third kappa shape index (κ3) is 4.42. The second-order valence-corrected chi connectivity index (χ2v) is 7.83. The SMILES string of the molecule is C[C@H](Sc1nncs1)C(=O)Nc1ccc(N2CCCCC2)nc1. The van der Waals surface area contributed by atoms with Gasteiger partial charge in [0.25, 0.3) is 0 Å². The molecular formula is C15H19N5OS2. The minimum atomic E-state index is -0.232. The number of carbonyl (C=O) groups excluding carboxylic acids is 1. The van der Waals surface area contributed by atoms with Gasteiger partial charge in [-0.25, -0.2) is 4.98 Å². The first-order valence-electron chi connectivity index (χ1n) is 7.67. The van der Waals surface area contributed by atoms with E-state index in [4.69, 9.17) is 0 Å². The van der Waals surface area contributed by atoms with Gasteiger partial charge in [0.2, 0.25) is 5.91 Å². The molecular weight excluding hydrogens is 330 g/mol. The molecule has 2 aromatic rings. The molecule has 1 atom stereocenters. The number of aromatic nitrogens is 3. The third-order valence-electron chi connectivity index (χ3n) is 3.68. The minimum Gasteiger partial charge on any atom is -0.357 e. The lowest BCUT2D eigenvalue weighted by atomic mass is 10.1. The van der Waals surface area contributed by atoms with E-state index < -0.39 is 0 Å². The van der Waals surface area contributed by atoms with Crippen molar-refractivity contribution in [3.8, 4) is 0 Å². The Balaban J connectivity index is 1.55. The molecule has 0 radical (unpaired) electrons. The molecule has 0 spiro atoms. The molecule has 0 bridgehead atoms. The van der Waals surface area contributed by atoms with Crippen LogP contribution in [-0.2, 0) is 4.79 Å². The maximum Gasteiger partial charge on any atom is 0.237 e. The topological polar surface area (TPSA) is 71.0 Å². The highest BCUT2D eigenvalue weighted by atomic mass is 32.2. The first kappa shape index (κ1) is 16.2. The summed E-state index contributed by atoms with van der Waals surface area (Å²) in [6, 6.07) is 3.89. The van der Waals surface area contributed by atoms with Crippen LogP contribution in [0.15, 0.2) is 28.2 Å². The predicted molar refractivity (Wildman–Crippen MR) is 94.2 cm³/mol. The summed E-state index contributed by atoms with van der Waals surface area (Å²) in [6.07, 6.45) is 5.47. The highest BCUT2D eigenvalue weighted by Crippen LogP contribution is 2.25. The number of nitrogens with one attached hydrogen (secondary N) is 1. The monoisotopic (exact) mass is 349 g/mol. The molecule has 1 saturated heterocycles. The van der Waals surface area contributed by atoms with E-state index in [9.17, 15) is 4.79 Å². The third-order valence-corrected chi connectivity index (χ3v) is 5.59. The number of hydrogen-bond donors (Lipinski definition) is 1. The fourth-order valence-corrected chi connectivity index (χ4v) is 4.06. The van der Waals surface area contributed by atoms with Crippen LogP contribution >= 0.6 is 23.1 Å². The molecule has 1 N–H and O–H groups in total. The molecule has 2 aromatic heterocycles. The van der Waals surface area contributed by atoms with Crippen molar-refractivity contribution in [1.82, 2.24) is 15.2 Å². The van der Waals surface area contributed by atoms with E-state index in [1.54, 1.807) is 11.7 Å². The Morgan fingerprint density at radius 3 is 2.83 bits per heavy atom. The average molecular weight is 349 g/mol. The van der Waals surface area contributed by atoms with E-state index in [0.29, 0.717) is 0 Å². The number of nitrogens with zero attached hydrogens (tertiary/aromatic N) is 4. The van der Waals surface area contributed by atoms with E-state index >= 15 is 0 Å². The first-order chi connectivity index (χ1) is 11.2. The minimum absolute atomic E-state index is 0.0577. The first-order valence-corrected chi connectivity index (χ1v) is 9.43. The van der Waals surface area contributed by atoms with Gasteiger partial charge in [-0.05, 0) is 38.3 Å². The second kappa shape index (κ2) is 7.74. The van der Waals surface area contributed by atoms with Crippen LogP contribution in [0.2, 0.25) is 0 Å². The summed E-state index contributed by atoms with van der Waals surface area (Å²) in [6.45, 7) is 3.99. The number of thioether (sulfide) groups is 1. The Kier molecular flexibility index (Phi) is 5.45. The lowest BCUT2D eigenvalue weighted by Gasteiger charge is -2.27. The van der Waals surface area contributed by atoms with Crippen molar-refractivity contribution in [2.24, 2.45) is 0 Å². The Morgan fingerprint density at radius 2 is 2.17 bits per heavy atom. The number of amides is 1. The van der Waals surface area contributed by atoms with E-state index in [1.807, 2.05) is 19.1 Å². The van der Waals surface area contributed by atoms with Gasteiger partial charge >= 0.3 is 0 Å². The van der Waals surface area contributed by atoms with Crippen LogP contribution in [0, 0.1) is 0 Å². The summed E-state index contributed by atoms with van der Waals surface area (Å²) in [5.74, 6) is 0.928. The van der Waals surface area contributed by atoms with Crippen LogP contribution < -0.4 is 10.2 Å². The Bertz CT molecular complexity index is 626. The molecule has 0 unspecified atom stereocenters. The standard InChI is InChI=1S/C15H19N5OS2/c1-11(23-15-19-17-10-22-15)14(21)18-12-5-6-13(16-9-12)20-7-3-2-4-8-20/h5-6,9-11H,2-4,7-8H2,1H3,(H,18,21)/t11-/m0/s1. The average Bonchev–Trinajstić information content (AvgIpc) is 3.09. The van der Waals surface area contributed by atoms with Gasteiger partial charge in [-0.1, -0.05) is 23.1 Å². The summed E-state index contributed by atoms with van der Waals surface area (Å²) >= 11 is 2.84. The fraction of sp³-hybridized carbons (Fsp3) is 0.467. The van der Waals surface area contributed by atoms with Crippen molar-refractivity contribution in [3.63, 3.8) is 0 Å². The molecule has 1 aliphatic rings. The Labute approximate surface area is 143 Å². The summed E-state index contributed by atoms with van der Waals surface area (Å²) in [7, 11) is 0. The zero-order valence-corrected chi connectivity index (χ0v) is 14.6. The number of pyridine rings is 1. The highest BCUT2D eigenvalue weighted by molar-refractivity contribution is 8.02. The van der Waals surface area contributed by atoms with Gasteiger partial charge in [0.15, 0.2) is 4.34 Å².